The van der Waals surface area contributed by atoms with Gasteiger partial charge < -0.3 is 24.4 Å². The molecule has 0 fully saturated rings. The molecule has 0 aliphatic carbocycles. The third-order valence-electron chi connectivity index (χ3n) is 6.06. The normalized spacial score (nSPS) is 13.9. The molecule has 0 radical (unpaired) electrons. The van der Waals surface area contributed by atoms with E-state index in [1.54, 1.807) is 25.6 Å². The minimum absolute atomic E-state index is 0.0596. The Morgan fingerprint density at radius 3 is 2.65 bits per heavy atom. The molecule has 1 aliphatic rings. The van der Waals surface area contributed by atoms with Crippen LogP contribution in [0.1, 0.15) is 23.7 Å². The fraction of sp³-hybridized carbons (Fsp3) is 0.308. The van der Waals surface area contributed by atoms with Crippen LogP contribution in [0.25, 0.3) is 21.3 Å². The van der Waals surface area contributed by atoms with Gasteiger partial charge in [0.15, 0.2) is 11.5 Å². The van der Waals surface area contributed by atoms with Gasteiger partial charge in [-0.2, -0.15) is 0 Å². The average Bonchev–Trinajstić information content (AvgIpc) is 3.34. The first kappa shape index (κ1) is 22.3. The van der Waals surface area contributed by atoms with Gasteiger partial charge >= 0.3 is 0 Å². The van der Waals surface area contributed by atoms with E-state index in [0.29, 0.717) is 23.9 Å². The molecule has 34 heavy (non-hydrogen) atoms. The quantitative estimate of drug-likeness (QED) is 0.384. The van der Waals surface area contributed by atoms with Crippen LogP contribution in [0, 0.1) is 6.92 Å². The molecule has 0 amide bonds. The number of rotatable bonds is 6. The topological polar surface area (TPSA) is 68.7 Å². The molecule has 2 aromatic carbocycles. The fourth-order valence-corrected chi connectivity index (χ4v) is 5.22. The minimum Gasteiger partial charge on any atom is -0.493 e. The highest BCUT2D eigenvalue weighted by atomic mass is 32.1. The molecule has 0 spiro atoms. The zero-order valence-electron chi connectivity index (χ0n) is 20.0. The number of fused-ring (bicyclic) bond motifs is 2. The summed E-state index contributed by atoms with van der Waals surface area (Å²) in [5.74, 6) is 3.71. The predicted molar refractivity (Wildman–Crippen MR) is 138 cm³/mol. The van der Waals surface area contributed by atoms with Crippen molar-refractivity contribution in [3.05, 3.63) is 53.2 Å². The Bertz CT molecular complexity index is 1350. The minimum atomic E-state index is 0.0596. The first-order valence-corrected chi connectivity index (χ1v) is 12.0. The fourth-order valence-electron chi connectivity index (χ4n) is 4.21. The molecule has 1 aliphatic heterocycles. The molecule has 176 valence electrons. The molecule has 0 saturated carbocycles. The molecule has 0 bridgehead atoms. The van der Waals surface area contributed by atoms with Crippen molar-refractivity contribution in [1.29, 1.82) is 0 Å². The Labute approximate surface area is 203 Å². The SMILES string of the molecule is COc1cc2nc(C)nc(NC(C)c3ccc(-c4ccc5c(c4)OCCN5C)s3)c2cc1OC. The molecule has 3 heterocycles. The van der Waals surface area contributed by atoms with Crippen LogP contribution >= 0.6 is 11.3 Å². The summed E-state index contributed by atoms with van der Waals surface area (Å²) in [4.78, 5) is 13.9. The zero-order chi connectivity index (χ0) is 23.8. The summed E-state index contributed by atoms with van der Waals surface area (Å²) < 4.78 is 16.8. The van der Waals surface area contributed by atoms with Gasteiger partial charge in [-0.3, -0.25) is 0 Å². The third-order valence-corrected chi connectivity index (χ3v) is 7.38. The lowest BCUT2D eigenvalue weighted by Gasteiger charge is -2.27. The van der Waals surface area contributed by atoms with E-state index in [2.05, 4.69) is 64.5 Å². The van der Waals surface area contributed by atoms with Crippen LogP contribution in [-0.2, 0) is 0 Å². The van der Waals surface area contributed by atoms with Crippen molar-refractivity contribution in [3.63, 3.8) is 0 Å². The lowest BCUT2D eigenvalue weighted by Crippen LogP contribution is -2.28. The van der Waals surface area contributed by atoms with Gasteiger partial charge in [0.25, 0.3) is 0 Å². The number of thiophene rings is 1. The summed E-state index contributed by atoms with van der Waals surface area (Å²) in [5.41, 5.74) is 3.11. The van der Waals surface area contributed by atoms with E-state index in [1.807, 2.05) is 19.1 Å². The van der Waals surface area contributed by atoms with Crippen molar-refractivity contribution in [2.24, 2.45) is 0 Å². The second-order valence-corrected chi connectivity index (χ2v) is 9.48. The number of likely N-dealkylation sites (N-methyl/N-ethyl adjacent to an activating group) is 1. The van der Waals surface area contributed by atoms with E-state index in [4.69, 9.17) is 14.2 Å². The average molecular weight is 477 g/mol. The molecule has 1 N–H and O–H groups in total. The number of aromatic nitrogens is 2. The monoisotopic (exact) mass is 476 g/mol. The highest BCUT2D eigenvalue weighted by Crippen LogP contribution is 2.39. The first-order chi connectivity index (χ1) is 16.5. The summed E-state index contributed by atoms with van der Waals surface area (Å²) >= 11 is 1.77. The Kier molecular flexibility index (Phi) is 5.91. The molecule has 7 nitrogen and oxygen atoms in total. The summed E-state index contributed by atoms with van der Waals surface area (Å²) in [5, 5.41) is 4.47. The molecule has 2 aromatic heterocycles. The Hall–Kier alpha value is -3.52. The smallest absolute Gasteiger partial charge is 0.162 e. The van der Waals surface area contributed by atoms with E-state index >= 15 is 0 Å². The number of nitrogens with one attached hydrogen (secondary N) is 1. The van der Waals surface area contributed by atoms with Gasteiger partial charge in [0.1, 0.15) is 24.0 Å². The Morgan fingerprint density at radius 1 is 1.06 bits per heavy atom. The molecular weight excluding hydrogens is 448 g/mol. The van der Waals surface area contributed by atoms with Crippen LogP contribution in [0.2, 0.25) is 0 Å². The third kappa shape index (κ3) is 4.09. The number of benzene rings is 2. The molecule has 8 heteroatoms. The number of methoxy groups -OCH3 is 2. The van der Waals surface area contributed by atoms with E-state index < -0.39 is 0 Å². The van der Waals surface area contributed by atoms with Crippen molar-refractivity contribution < 1.29 is 14.2 Å². The van der Waals surface area contributed by atoms with Crippen LogP contribution in [0.3, 0.4) is 0 Å². The van der Waals surface area contributed by atoms with Crippen molar-refractivity contribution >= 4 is 33.7 Å². The van der Waals surface area contributed by atoms with Gasteiger partial charge in [0.05, 0.1) is 38.0 Å². The molecule has 1 unspecified atom stereocenters. The van der Waals surface area contributed by atoms with E-state index in [1.165, 1.54) is 9.75 Å². The summed E-state index contributed by atoms with van der Waals surface area (Å²) in [7, 11) is 5.35. The first-order valence-electron chi connectivity index (χ1n) is 11.2. The number of anilines is 2. The maximum Gasteiger partial charge on any atom is 0.162 e. The van der Waals surface area contributed by atoms with Gasteiger partial charge in [-0.1, -0.05) is 6.07 Å². The summed E-state index contributed by atoms with van der Waals surface area (Å²) in [6.45, 7) is 5.66. The second-order valence-electron chi connectivity index (χ2n) is 8.36. The van der Waals surface area contributed by atoms with Crippen molar-refractivity contribution in [2.75, 3.05) is 44.6 Å². The summed E-state index contributed by atoms with van der Waals surface area (Å²) in [6.07, 6.45) is 0. The van der Waals surface area contributed by atoms with Crippen LogP contribution in [0.15, 0.2) is 42.5 Å². The number of aryl methyl sites for hydroxylation is 1. The number of hydrogen-bond donors (Lipinski definition) is 1. The van der Waals surface area contributed by atoms with Gasteiger partial charge in [-0.05, 0) is 49.7 Å². The van der Waals surface area contributed by atoms with E-state index in [9.17, 15) is 0 Å². The van der Waals surface area contributed by atoms with Gasteiger partial charge in [0, 0.05) is 28.3 Å². The zero-order valence-corrected chi connectivity index (χ0v) is 20.8. The van der Waals surface area contributed by atoms with Gasteiger partial charge in [0.2, 0.25) is 0 Å². The van der Waals surface area contributed by atoms with Gasteiger partial charge in [-0.15, -0.1) is 11.3 Å². The largest absolute Gasteiger partial charge is 0.493 e. The highest BCUT2D eigenvalue weighted by molar-refractivity contribution is 7.15. The molecule has 4 aromatic rings. The van der Waals surface area contributed by atoms with E-state index in [0.717, 1.165) is 40.3 Å². The molecular formula is C26H28N4O3S. The van der Waals surface area contributed by atoms with Crippen LogP contribution in [0.5, 0.6) is 17.2 Å². The van der Waals surface area contributed by atoms with E-state index in [-0.39, 0.29) is 6.04 Å². The summed E-state index contributed by atoms with van der Waals surface area (Å²) in [6, 6.07) is 14.7. The molecule has 5 rings (SSSR count). The Balaban J connectivity index is 1.43. The second kappa shape index (κ2) is 9.02. The number of nitrogens with zero attached hydrogens (tertiary/aromatic N) is 3. The van der Waals surface area contributed by atoms with Crippen molar-refractivity contribution in [2.45, 2.75) is 19.9 Å². The van der Waals surface area contributed by atoms with Crippen LogP contribution < -0.4 is 24.4 Å². The lowest BCUT2D eigenvalue weighted by molar-refractivity contribution is 0.311. The standard InChI is InChI=1S/C26H28N4O3S/c1-15(27-26-18-13-22(31-4)23(32-5)14-19(18)28-16(2)29-26)24-8-9-25(34-24)17-6-7-20-21(12-17)33-11-10-30(20)3/h6-9,12-15H,10-11H2,1-5H3,(H,27,28,29). The molecule has 1 atom stereocenters. The predicted octanol–water partition coefficient (Wildman–Crippen LogP) is 5.69. The lowest BCUT2D eigenvalue weighted by atomic mass is 10.1. The Morgan fingerprint density at radius 2 is 1.85 bits per heavy atom. The van der Waals surface area contributed by atoms with Crippen LogP contribution in [-0.4, -0.2) is 44.4 Å². The number of ether oxygens (including phenoxy) is 3. The highest BCUT2D eigenvalue weighted by Gasteiger charge is 2.18. The molecule has 0 saturated heterocycles. The maximum atomic E-state index is 5.89. The van der Waals surface area contributed by atoms with Gasteiger partial charge in [-0.25, -0.2) is 9.97 Å². The maximum absolute atomic E-state index is 5.89. The van der Waals surface area contributed by atoms with Crippen LogP contribution in [0.4, 0.5) is 11.5 Å². The van der Waals surface area contributed by atoms with Crippen molar-refractivity contribution in [3.8, 4) is 27.7 Å². The number of hydrogen-bond acceptors (Lipinski definition) is 8. The van der Waals surface area contributed by atoms with Crippen molar-refractivity contribution in [1.82, 2.24) is 9.97 Å².